The monoisotopic (exact) mass is 439 g/mol. The SMILES string of the molecule is COP(=O)(OC)N1CCN(c2cc3c(cc2F)c(=O)c(C(=O)O)cn3C2CC2)CC1. The summed E-state index contributed by atoms with van der Waals surface area (Å²) < 4.78 is 40.9. The van der Waals surface area contributed by atoms with Crippen molar-refractivity contribution in [3.05, 3.63) is 39.9 Å². The number of hydrogen-bond acceptors (Lipinski definition) is 6. The Kier molecular flexibility index (Phi) is 5.44. The van der Waals surface area contributed by atoms with Gasteiger partial charge in [0.15, 0.2) is 0 Å². The summed E-state index contributed by atoms with van der Waals surface area (Å²) in [6.07, 6.45) is 3.12. The molecular weight excluding hydrogens is 416 g/mol. The molecule has 1 saturated heterocycles. The van der Waals surface area contributed by atoms with Gasteiger partial charge in [-0.2, -0.15) is 0 Å². The molecule has 11 heteroatoms. The van der Waals surface area contributed by atoms with Gasteiger partial charge in [-0.3, -0.25) is 13.8 Å². The Labute approximate surface area is 172 Å². The summed E-state index contributed by atoms with van der Waals surface area (Å²) in [5, 5.41) is 9.41. The van der Waals surface area contributed by atoms with Gasteiger partial charge in [0.05, 0.1) is 11.2 Å². The molecule has 162 valence electrons. The molecule has 2 aromatic rings. The second-order valence-electron chi connectivity index (χ2n) is 7.41. The molecule has 1 aromatic carbocycles. The Morgan fingerprint density at radius 1 is 1.17 bits per heavy atom. The lowest BCUT2D eigenvalue weighted by Gasteiger charge is -2.38. The average molecular weight is 439 g/mol. The average Bonchev–Trinajstić information content (AvgIpc) is 3.58. The molecule has 30 heavy (non-hydrogen) atoms. The summed E-state index contributed by atoms with van der Waals surface area (Å²) in [7, 11) is -0.705. The van der Waals surface area contributed by atoms with E-state index < -0.39 is 25.0 Å². The summed E-state index contributed by atoms with van der Waals surface area (Å²) >= 11 is 0. The number of pyridine rings is 1. The highest BCUT2D eigenvalue weighted by Gasteiger charge is 2.35. The van der Waals surface area contributed by atoms with Gasteiger partial charge in [-0.05, 0) is 25.0 Å². The summed E-state index contributed by atoms with van der Waals surface area (Å²) in [5.41, 5.74) is -0.203. The summed E-state index contributed by atoms with van der Waals surface area (Å²) in [4.78, 5) is 25.9. The van der Waals surface area contributed by atoms with E-state index in [-0.39, 0.29) is 17.0 Å². The number of carboxylic acids is 1. The van der Waals surface area contributed by atoms with E-state index in [0.29, 0.717) is 37.4 Å². The first kappa shape index (κ1) is 21.0. The van der Waals surface area contributed by atoms with Crippen molar-refractivity contribution in [3.8, 4) is 0 Å². The van der Waals surface area contributed by atoms with Gasteiger partial charge in [0, 0.05) is 58.0 Å². The highest BCUT2D eigenvalue weighted by molar-refractivity contribution is 7.51. The molecule has 0 spiro atoms. The predicted molar refractivity (Wildman–Crippen MR) is 109 cm³/mol. The Balaban J connectivity index is 1.71. The third kappa shape index (κ3) is 3.54. The van der Waals surface area contributed by atoms with E-state index in [1.54, 1.807) is 15.3 Å². The maximum Gasteiger partial charge on any atom is 0.407 e. The van der Waals surface area contributed by atoms with E-state index in [1.807, 2.05) is 4.90 Å². The highest BCUT2D eigenvalue weighted by Crippen LogP contribution is 2.50. The lowest BCUT2D eigenvalue weighted by atomic mass is 10.1. The topological polar surface area (TPSA) is 101 Å². The van der Waals surface area contributed by atoms with Gasteiger partial charge in [0.2, 0.25) is 5.43 Å². The lowest BCUT2D eigenvalue weighted by molar-refractivity contribution is 0.0694. The molecule has 0 amide bonds. The maximum absolute atomic E-state index is 15.0. The second kappa shape index (κ2) is 7.77. The zero-order chi connectivity index (χ0) is 21.6. The number of benzene rings is 1. The number of carbonyl (C=O) groups is 1. The lowest BCUT2D eigenvalue weighted by Crippen LogP contribution is -2.45. The van der Waals surface area contributed by atoms with Crippen LogP contribution in [0, 0.1) is 5.82 Å². The van der Waals surface area contributed by atoms with E-state index in [9.17, 15) is 23.7 Å². The molecule has 1 aromatic heterocycles. The molecule has 0 unspecified atom stereocenters. The second-order valence-corrected chi connectivity index (χ2v) is 9.64. The molecule has 0 radical (unpaired) electrons. The molecule has 4 rings (SSSR count). The van der Waals surface area contributed by atoms with Crippen LogP contribution in [-0.4, -0.2) is 60.7 Å². The van der Waals surface area contributed by atoms with Crippen molar-refractivity contribution < 1.29 is 27.9 Å². The summed E-state index contributed by atoms with van der Waals surface area (Å²) in [6.45, 7) is 1.48. The molecule has 1 aliphatic carbocycles. The molecule has 1 saturated carbocycles. The van der Waals surface area contributed by atoms with Gasteiger partial charge in [0.25, 0.3) is 0 Å². The molecule has 2 heterocycles. The standard InChI is InChI=1S/C19H23FN3O6P/c1-28-30(27,29-2)22-7-5-21(6-8-22)17-10-16-13(9-15(17)20)18(24)14(19(25)26)11-23(16)12-3-4-12/h9-12H,3-8H2,1-2H3,(H,25,26). The Bertz CT molecular complexity index is 1100. The van der Waals surface area contributed by atoms with E-state index >= 15 is 0 Å². The van der Waals surface area contributed by atoms with Gasteiger partial charge in [0.1, 0.15) is 11.4 Å². The van der Waals surface area contributed by atoms with Crippen LogP contribution in [0.15, 0.2) is 23.1 Å². The van der Waals surface area contributed by atoms with Crippen LogP contribution in [0.1, 0.15) is 29.2 Å². The minimum atomic E-state index is -3.35. The van der Waals surface area contributed by atoms with Crippen molar-refractivity contribution in [1.82, 2.24) is 9.24 Å². The Morgan fingerprint density at radius 3 is 2.33 bits per heavy atom. The van der Waals surface area contributed by atoms with Crippen LogP contribution in [0.4, 0.5) is 10.1 Å². The van der Waals surface area contributed by atoms with Crippen molar-refractivity contribution in [1.29, 1.82) is 0 Å². The van der Waals surface area contributed by atoms with Crippen LogP contribution in [0.5, 0.6) is 0 Å². The fraction of sp³-hybridized carbons (Fsp3) is 0.474. The minimum absolute atomic E-state index is 0.0601. The molecule has 9 nitrogen and oxygen atoms in total. The van der Waals surface area contributed by atoms with Gasteiger partial charge in [-0.25, -0.2) is 18.4 Å². The number of anilines is 1. The number of hydrogen-bond donors (Lipinski definition) is 1. The number of nitrogens with zero attached hydrogens (tertiary/aromatic N) is 3. The fourth-order valence-corrected chi connectivity index (χ4v) is 5.18. The van der Waals surface area contributed by atoms with Crippen molar-refractivity contribution in [2.45, 2.75) is 18.9 Å². The van der Waals surface area contributed by atoms with Gasteiger partial charge in [-0.1, -0.05) is 0 Å². The first-order chi connectivity index (χ1) is 14.3. The maximum atomic E-state index is 15.0. The van der Waals surface area contributed by atoms with Gasteiger partial charge in [-0.15, -0.1) is 0 Å². The van der Waals surface area contributed by atoms with Crippen molar-refractivity contribution in [2.75, 3.05) is 45.3 Å². The number of fused-ring (bicyclic) bond motifs is 1. The third-order valence-corrected chi connectivity index (χ3v) is 7.69. The van der Waals surface area contributed by atoms with Crippen LogP contribution < -0.4 is 10.3 Å². The van der Waals surface area contributed by atoms with Crippen molar-refractivity contribution >= 4 is 30.3 Å². The van der Waals surface area contributed by atoms with Crippen LogP contribution in [0.25, 0.3) is 10.9 Å². The van der Waals surface area contributed by atoms with Crippen LogP contribution in [0.3, 0.4) is 0 Å². The molecule has 0 atom stereocenters. The Morgan fingerprint density at radius 2 is 1.80 bits per heavy atom. The summed E-state index contributed by atoms with van der Waals surface area (Å²) in [5.74, 6) is -1.92. The number of aromatic carboxylic acids is 1. The molecule has 0 bridgehead atoms. The molecule has 2 aliphatic rings. The number of halogens is 1. The first-order valence-electron chi connectivity index (χ1n) is 9.62. The molecular formula is C19H23FN3O6P. The smallest absolute Gasteiger partial charge is 0.407 e. The normalized spacial score (nSPS) is 18.2. The van der Waals surface area contributed by atoms with Crippen molar-refractivity contribution in [2.24, 2.45) is 0 Å². The first-order valence-corrected chi connectivity index (χ1v) is 11.1. The van der Waals surface area contributed by atoms with E-state index in [4.69, 9.17) is 9.05 Å². The van der Waals surface area contributed by atoms with E-state index in [1.165, 1.54) is 20.4 Å². The number of carboxylic acid groups (broad SMARTS) is 1. The summed E-state index contributed by atoms with van der Waals surface area (Å²) in [6, 6.07) is 2.84. The molecule has 1 N–H and O–H groups in total. The Hall–Kier alpha value is -2.26. The zero-order valence-electron chi connectivity index (χ0n) is 16.7. The van der Waals surface area contributed by atoms with E-state index in [2.05, 4.69) is 0 Å². The largest absolute Gasteiger partial charge is 0.477 e. The van der Waals surface area contributed by atoms with Crippen LogP contribution in [0.2, 0.25) is 0 Å². The fourth-order valence-electron chi connectivity index (χ4n) is 3.90. The van der Waals surface area contributed by atoms with E-state index in [0.717, 1.165) is 18.9 Å². The van der Waals surface area contributed by atoms with Gasteiger partial charge >= 0.3 is 13.7 Å². The molecule has 1 aliphatic heterocycles. The molecule has 2 fully saturated rings. The number of aromatic nitrogens is 1. The third-order valence-electron chi connectivity index (χ3n) is 5.68. The highest BCUT2D eigenvalue weighted by atomic mass is 31.2. The number of piperazine rings is 1. The number of rotatable bonds is 6. The quantitative estimate of drug-likeness (QED) is 0.686. The van der Waals surface area contributed by atoms with Crippen molar-refractivity contribution in [3.63, 3.8) is 0 Å². The zero-order valence-corrected chi connectivity index (χ0v) is 17.6. The van der Waals surface area contributed by atoms with Gasteiger partial charge < -0.3 is 14.6 Å². The van der Waals surface area contributed by atoms with Crippen LogP contribution >= 0.6 is 7.75 Å². The van der Waals surface area contributed by atoms with Crippen LogP contribution in [-0.2, 0) is 13.6 Å². The minimum Gasteiger partial charge on any atom is -0.477 e. The predicted octanol–water partition coefficient (Wildman–Crippen LogP) is 2.70.